The van der Waals surface area contributed by atoms with E-state index < -0.39 is 10.0 Å². The van der Waals surface area contributed by atoms with Crippen molar-refractivity contribution in [2.24, 2.45) is 0 Å². The summed E-state index contributed by atoms with van der Waals surface area (Å²) in [6, 6.07) is 9.02. The van der Waals surface area contributed by atoms with E-state index in [1.807, 2.05) is 30.3 Å². The molecule has 9 heteroatoms. The van der Waals surface area contributed by atoms with Crippen LogP contribution in [0.15, 0.2) is 36.5 Å². The molecule has 0 spiro atoms. The number of amides is 1. The molecule has 1 amide bonds. The van der Waals surface area contributed by atoms with Gasteiger partial charge in [-0.15, -0.1) is 0 Å². The first-order valence-corrected chi connectivity index (χ1v) is 10.1. The Morgan fingerprint density at radius 2 is 2.19 bits per heavy atom. The van der Waals surface area contributed by atoms with Crippen LogP contribution in [0.1, 0.15) is 17.3 Å². The van der Waals surface area contributed by atoms with Gasteiger partial charge in [0.05, 0.1) is 38.1 Å². The monoisotopic (exact) mass is 378 g/mol. The number of benzene rings is 1. The zero-order chi connectivity index (χ0) is 18.7. The van der Waals surface area contributed by atoms with Gasteiger partial charge in [-0.2, -0.15) is 5.10 Å². The smallest absolute Gasteiger partial charge is 0.227 e. The second kappa shape index (κ2) is 7.46. The van der Waals surface area contributed by atoms with Crippen molar-refractivity contribution in [3.63, 3.8) is 0 Å². The minimum absolute atomic E-state index is 0.0185. The molecule has 0 fully saturated rings. The summed E-state index contributed by atoms with van der Waals surface area (Å²) in [5.74, 6) is 0.692. The molecule has 0 bridgehead atoms. The molecule has 1 aromatic heterocycles. The Balaban J connectivity index is 1.73. The van der Waals surface area contributed by atoms with Gasteiger partial charge in [0.1, 0.15) is 5.75 Å². The molecular formula is C17H22N4O4S. The van der Waals surface area contributed by atoms with Crippen molar-refractivity contribution in [2.75, 3.05) is 26.5 Å². The summed E-state index contributed by atoms with van der Waals surface area (Å²) in [6.45, 7) is 1.05. The maximum absolute atomic E-state index is 12.8. The van der Waals surface area contributed by atoms with Crippen LogP contribution in [0.3, 0.4) is 0 Å². The van der Waals surface area contributed by atoms with E-state index in [2.05, 4.69) is 9.82 Å². The number of nitrogens with zero attached hydrogens (tertiary/aromatic N) is 3. The van der Waals surface area contributed by atoms with Crippen LogP contribution in [0.5, 0.6) is 5.75 Å². The number of sulfonamides is 1. The number of carbonyl (C=O) groups is 1. The van der Waals surface area contributed by atoms with E-state index in [0.29, 0.717) is 18.8 Å². The number of fused-ring (bicyclic) bond motifs is 1. The number of aromatic nitrogens is 2. The van der Waals surface area contributed by atoms with E-state index in [9.17, 15) is 13.2 Å². The van der Waals surface area contributed by atoms with E-state index in [1.165, 1.54) is 0 Å². The van der Waals surface area contributed by atoms with Gasteiger partial charge in [0.15, 0.2) is 0 Å². The van der Waals surface area contributed by atoms with E-state index in [1.54, 1.807) is 22.9 Å². The predicted molar refractivity (Wildman–Crippen MR) is 96.2 cm³/mol. The van der Waals surface area contributed by atoms with Crippen molar-refractivity contribution < 1.29 is 17.9 Å². The topological polar surface area (TPSA) is 93.5 Å². The van der Waals surface area contributed by atoms with Crippen molar-refractivity contribution >= 4 is 15.9 Å². The summed E-state index contributed by atoms with van der Waals surface area (Å²) in [7, 11) is -1.72. The molecule has 26 heavy (non-hydrogen) atoms. The molecule has 2 heterocycles. The number of methoxy groups -OCH3 is 1. The Morgan fingerprint density at radius 1 is 1.38 bits per heavy atom. The van der Waals surface area contributed by atoms with Crippen molar-refractivity contribution in [3.05, 3.63) is 47.8 Å². The Bertz CT molecular complexity index is 894. The minimum atomic E-state index is -3.31. The number of hydrogen-bond donors (Lipinski definition) is 1. The Morgan fingerprint density at radius 3 is 2.92 bits per heavy atom. The van der Waals surface area contributed by atoms with Crippen LogP contribution < -0.4 is 9.46 Å². The van der Waals surface area contributed by atoms with Crippen molar-refractivity contribution in [1.29, 1.82) is 0 Å². The number of ether oxygens (including phenoxy) is 1. The fraction of sp³-hybridized carbons (Fsp3) is 0.412. The Labute approximate surface area is 152 Å². The largest absolute Gasteiger partial charge is 0.497 e. The van der Waals surface area contributed by atoms with Gasteiger partial charge < -0.3 is 9.64 Å². The molecule has 0 saturated heterocycles. The Kier molecular flexibility index (Phi) is 5.28. The predicted octanol–water partition coefficient (Wildman–Crippen LogP) is 0.567. The number of hydrogen-bond acceptors (Lipinski definition) is 5. The molecule has 140 valence electrons. The standard InChI is InChI=1S/C17H22N4O4S/c1-25-16-5-3-4-13(8-16)9-17(22)20-11-14-6-7-18-21(14)15(12-20)10-19-26(2,23)24/h3-8,15,19H,9-12H2,1-2H3/t15-/m1/s1. The van der Waals surface area contributed by atoms with Gasteiger partial charge in [0.25, 0.3) is 0 Å². The van der Waals surface area contributed by atoms with Gasteiger partial charge in [0.2, 0.25) is 15.9 Å². The summed E-state index contributed by atoms with van der Waals surface area (Å²) >= 11 is 0. The molecule has 0 aliphatic carbocycles. The zero-order valence-corrected chi connectivity index (χ0v) is 15.6. The molecule has 0 radical (unpaired) electrons. The zero-order valence-electron chi connectivity index (χ0n) is 14.8. The van der Waals surface area contributed by atoms with Crippen LogP contribution in [-0.2, 0) is 27.8 Å². The van der Waals surface area contributed by atoms with Crippen LogP contribution in [-0.4, -0.2) is 55.5 Å². The maximum atomic E-state index is 12.8. The summed E-state index contributed by atoms with van der Waals surface area (Å²) in [5.41, 5.74) is 1.76. The lowest BCUT2D eigenvalue weighted by Crippen LogP contribution is -2.45. The highest BCUT2D eigenvalue weighted by molar-refractivity contribution is 7.88. The van der Waals surface area contributed by atoms with Gasteiger partial charge in [-0.3, -0.25) is 9.48 Å². The highest BCUT2D eigenvalue weighted by Gasteiger charge is 2.28. The molecule has 1 atom stereocenters. The molecule has 0 unspecified atom stereocenters. The molecule has 1 aliphatic heterocycles. The van der Waals surface area contributed by atoms with Gasteiger partial charge in [0, 0.05) is 19.3 Å². The molecule has 0 saturated carbocycles. The van der Waals surface area contributed by atoms with E-state index in [0.717, 1.165) is 17.5 Å². The van der Waals surface area contributed by atoms with Gasteiger partial charge in [-0.25, -0.2) is 13.1 Å². The summed E-state index contributed by atoms with van der Waals surface area (Å²) in [5, 5.41) is 4.27. The molecule has 3 rings (SSSR count). The summed E-state index contributed by atoms with van der Waals surface area (Å²) in [4.78, 5) is 14.5. The quantitative estimate of drug-likeness (QED) is 0.793. The third-order valence-corrected chi connectivity index (χ3v) is 5.00. The molecule has 1 aromatic carbocycles. The van der Waals surface area contributed by atoms with Crippen LogP contribution in [0.25, 0.3) is 0 Å². The second-order valence-corrected chi connectivity index (χ2v) is 8.18. The van der Waals surface area contributed by atoms with E-state index in [-0.39, 0.29) is 24.9 Å². The first-order valence-electron chi connectivity index (χ1n) is 8.23. The first-order chi connectivity index (χ1) is 12.4. The molecule has 1 aliphatic rings. The third kappa shape index (κ3) is 4.41. The van der Waals surface area contributed by atoms with Crippen LogP contribution in [0, 0.1) is 0 Å². The average molecular weight is 378 g/mol. The Hall–Kier alpha value is -2.39. The fourth-order valence-electron chi connectivity index (χ4n) is 3.04. The SMILES string of the molecule is COc1cccc(CC(=O)N2Cc3ccnn3[C@H](CNS(C)(=O)=O)C2)c1. The fourth-order valence-corrected chi connectivity index (χ4v) is 3.54. The van der Waals surface area contributed by atoms with Gasteiger partial charge in [-0.1, -0.05) is 12.1 Å². The minimum Gasteiger partial charge on any atom is -0.497 e. The lowest BCUT2D eigenvalue weighted by molar-refractivity contribution is -0.132. The van der Waals surface area contributed by atoms with Gasteiger partial charge >= 0.3 is 0 Å². The lowest BCUT2D eigenvalue weighted by Gasteiger charge is -2.34. The number of rotatable bonds is 6. The lowest BCUT2D eigenvalue weighted by atomic mass is 10.1. The van der Waals surface area contributed by atoms with E-state index >= 15 is 0 Å². The second-order valence-electron chi connectivity index (χ2n) is 6.34. The average Bonchev–Trinajstić information content (AvgIpc) is 3.07. The number of carbonyl (C=O) groups excluding carboxylic acids is 1. The van der Waals surface area contributed by atoms with E-state index in [4.69, 9.17) is 4.74 Å². The van der Waals surface area contributed by atoms with Crippen LogP contribution in [0.2, 0.25) is 0 Å². The van der Waals surface area contributed by atoms with Crippen molar-refractivity contribution in [3.8, 4) is 5.75 Å². The summed E-state index contributed by atoms with van der Waals surface area (Å²) in [6.07, 6.45) is 3.04. The molecular weight excluding hydrogens is 356 g/mol. The first kappa shape index (κ1) is 18.4. The highest BCUT2D eigenvalue weighted by atomic mass is 32.2. The molecule has 2 aromatic rings. The number of nitrogens with one attached hydrogen (secondary N) is 1. The van der Waals surface area contributed by atoms with Crippen molar-refractivity contribution in [2.45, 2.75) is 19.0 Å². The van der Waals surface area contributed by atoms with Gasteiger partial charge in [-0.05, 0) is 23.8 Å². The molecule has 1 N–H and O–H groups in total. The van der Waals surface area contributed by atoms with Crippen LogP contribution in [0.4, 0.5) is 0 Å². The summed E-state index contributed by atoms with van der Waals surface area (Å²) < 4.78 is 32.3. The van der Waals surface area contributed by atoms with Crippen LogP contribution >= 0.6 is 0 Å². The maximum Gasteiger partial charge on any atom is 0.227 e. The highest BCUT2D eigenvalue weighted by Crippen LogP contribution is 2.21. The molecule has 8 nitrogen and oxygen atoms in total. The normalized spacial score (nSPS) is 17.0. The third-order valence-electron chi connectivity index (χ3n) is 4.31. The van der Waals surface area contributed by atoms with Crippen molar-refractivity contribution in [1.82, 2.24) is 19.4 Å².